The van der Waals surface area contributed by atoms with Gasteiger partial charge in [-0.3, -0.25) is 4.79 Å². The lowest BCUT2D eigenvalue weighted by atomic mass is 9.94. The minimum Gasteiger partial charge on any atom is -0.336 e. The van der Waals surface area contributed by atoms with E-state index in [1.54, 1.807) is 4.90 Å². The number of piperidine rings is 1. The zero-order valence-electron chi connectivity index (χ0n) is 11.9. The van der Waals surface area contributed by atoms with Gasteiger partial charge in [-0.15, -0.1) is 0 Å². The summed E-state index contributed by atoms with van der Waals surface area (Å²) in [5, 5.41) is 0. The van der Waals surface area contributed by atoms with Crippen molar-refractivity contribution in [1.82, 2.24) is 4.90 Å². The van der Waals surface area contributed by atoms with E-state index in [1.807, 2.05) is 6.92 Å². The molecule has 1 aromatic rings. The number of amides is 1. The Kier molecular flexibility index (Phi) is 4.66. The van der Waals surface area contributed by atoms with Gasteiger partial charge >= 0.3 is 6.18 Å². The zero-order valence-corrected chi connectivity index (χ0v) is 13.5. The molecular formula is C15H17BrF3NO. The van der Waals surface area contributed by atoms with Crippen molar-refractivity contribution < 1.29 is 18.0 Å². The van der Waals surface area contributed by atoms with E-state index in [4.69, 9.17) is 0 Å². The molecule has 6 heteroatoms. The Bertz CT molecular complexity index is 544. The van der Waals surface area contributed by atoms with E-state index in [2.05, 4.69) is 22.9 Å². The minimum absolute atomic E-state index is 0.0494. The third-order valence-electron chi connectivity index (χ3n) is 3.90. The van der Waals surface area contributed by atoms with Crippen molar-refractivity contribution in [2.75, 3.05) is 6.54 Å². The molecule has 1 heterocycles. The minimum atomic E-state index is -4.48. The molecule has 0 aromatic heterocycles. The van der Waals surface area contributed by atoms with Gasteiger partial charge < -0.3 is 4.90 Å². The third-order valence-corrected chi connectivity index (χ3v) is 4.59. The molecule has 0 spiro atoms. The molecular weight excluding hydrogens is 347 g/mol. The molecule has 0 radical (unpaired) electrons. The van der Waals surface area contributed by atoms with Crippen LogP contribution in [0.2, 0.25) is 0 Å². The molecule has 0 N–H and O–H groups in total. The molecule has 2 nitrogen and oxygen atoms in total. The van der Waals surface area contributed by atoms with Crippen molar-refractivity contribution in [3.05, 3.63) is 33.8 Å². The summed E-state index contributed by atoms with van der Waals surface area (Å²) in [5.74, 6) is 0.0507. The number of likely N-dealkylation sites (tertiary alicyclic amines) is 1. The molecule has 0 aliphatic carbocycles. The predicted octanol–water partition coefficient (Wildman–Crippen LogP) is 4.73. The van der Waals surface area contributed by atoms with Crippen LogP contribution in [0.15, 0.2) is 22.7 Å². The second kappa shape index (κ2) is 5.99. The lowest BCUT2D eigenvalue weighted by Gasteiger charge is -2.37. The second-order valence-corrected chi connectivity index (χ2v) is 6.54. The Morgan fingerprint density at radius 3 is 2.57 bits per heavy atom. The van der Waals surface area contributed by atoms with Gasteiger partial charge in [0.1, 0.15) is 0 Å². The molecule has 2 atom stereocenters. The number of carbonyl (C=O) groups is 1. The Hall–Kier alpha value is -1.04. The first-order valence-corrected chi connectivity index (χ1v) is 7.67. The predicted molar refractivity (Wildman–Crippen MR) is 78.0 cm³/mol. The summed E-state index contributed by atoms with van der Waals surface area (Å²) in [7, 11) is 0. The lowest BCUT2D eigenvalue weighted by molar-refractivity contribution is -0.138. The monoisotopic (exact) mass is 363 g/mol. The lowest BCUT2D eigenvalue weighted by Crippen LogP contribution is -2.45. The molecule has 1 aliphatic rings. The van der Waals surface area contributed by atoms with Gasteiger partial charge in [-0.25, -0.2) is 0 Å². The Balaban J connectivity index is 2.31. The number of carbonyl (C=O) groups excluding carboxylic acids is 1. The maximum atomic E-state index is 12.9. The molecule has 2 unspecified atom stereocenters. The van der Waals surface area contributed by atoms with Gasteiger partial charge in [-0.1, -0.05) is 22.9 Å². The number of benzene rings is 1. The van der Waals surface area contributed by atoms with Gasteiger partial charge in [0, 0.05) is 22.6 Å². The molecule has 2 rings (SSSR count). The smallest absolute Gasteiger partial charge is 0.336 e. The van der Waals surface area contributed by atoms with Crippen LogP contribution in [-0.2, 0) is 6.18 Å². The quantitative estimate of drug-likeness (QED) is 0.706. The molecule has 1 amide bonds. The molecule has 0 bridgehead atoms. The van der Waals surface area contributed by atoms with Crippen LogP contribution in [0.1, 0.15) is 42.6 Å². The van der Waals surface area contributed by atoms with E-state index >= 15 is 0 Å². The maximum Gasteiger partial charge on any atom is 0.417 e. The van der Waals surface area contributed by atoms with Crippen LogP contribution in [0.3, 0.4) is 0 Å². The van der Waals surface area contributed by atoms with Crippen molar-refractivity contribution in [2.45, 2.75) is 38.9 Å². The van der Waals surface area contributed by atoms with Crippen LogP contribution in [-0.4, -0.2) is 23.4 Å². The summed E-state index contributed by atoms with van der Waals surface area (Å²) >= 11 is 2.89. The first-order chi connectivity index (χ1) is 9.70. The normalized spacial score (nSPS) is 23.2. The van der Waals surface area contributed by atoms with Crippen molar-refractivity contribution in [2.24, 2.45) is 5.92 Å². The summed E-state index contributed by atoms with van der Waals surface area (Å²) in [4.78, 5) is 14.2. The van der Waals surface area contributed by atoms with Gasteiger partial charge in [0.25, 0.3) is 5.91 Å². The van der Waals surface area contributed by atoms with E-state index in [9.17, 15) is 18.0 Å². The molecule has 1 saturated heterocycles. The standard InChI is InChI=1S/C15H17BrF3NO/c1-9-3-4-10(2)20(8-9)14(21)11-5-6-13(16)12(7-11)15(17,18)19/h5-7,9-10H,3-4,8H2,1-2H3. The number of alkyl halides is 3. The number of hydrogen-bond donors (Lipinski definition) is 0. The van der Waals surface area contributed by atoms with Crippen LogP contribution < -0.4 is 0 Å². The van der Waals surface area contributed by atoms with Crippen molar-refractivity contribution in [3.8, 4) is 0 Å². The fraction of sp³-hybridized carbons (Fsp3) is 0.533. The number of nitrogens with zero attached hydrogens (tertiary/aromatic N) is 1. The largest absolute Gasteiger partial charge is 0.417 e. The van der Waals surface area contributed by atoms with E-state index in [-0.39, 0.29) is 22.0 Å². The highest BCUT2D eigenvalue weighted by Crippen LogP contribution is 2.35. The second-order valence-electron chi connectivity index (χ2n) is 5.68. The first-order valence-electron chi connectivity index (χ1n) is 6.88. The van der Waals surface area contributed by atoms with Crippen LogP contribution in [0.25, 0.3) is 0 Å². The Morgan fingerprint density at radius 1 is 1.29 bits per heavy atom. The summed E-state index contributed by atoms with van der Waals surface area (Å²) in [6.45, 7) is 4.58. The third kappa shape index (κ3) is 3.59. The van der Waals surface area contributed by atoms with Crippen molar-refractivity contribution >= 4 is 21.8 Å². The Morgan fingerprint density at radius 2 is 1.95 bits per heavy atom. The van der Waals surface area contributed by atoms with E-state index in [0.29, 0.717) is 12.5 Å². The van der Waals surface area contributed by atoms with E-state index < -0.39 is 11.7 Å². The van der Waals surface area contributed by atoms with E-state index in [1.165, 1.54) is 12.1 Å². The SMILES string of the molecule is CC1CCC(C)N(C(=O)c2ccc(Br)c(C(F)(F)F)c2)C1. The highest BCUT2D eigenvalue weighted by atomic mass is 79.9. The summed E-state index contributed by atoms with van der Waals surface area (Å²) in [6.07, 6.45) is -2.55. The zero-order chi connectivity index (χ0) is 15.8. The number of halogens is 4. The fourth-order valence-electron chi connectivity index (χ4n) is 2.61. The average Bonchev–Trinajstić information content (AvgIpc) is 2.40. The molecule has 1 aliphatic heterocycles. The highest BCUT2D eigenvalue weighted by molar-refractivity contribution is 9.10. The van der Waals surface area contributed by atoms with Crippen molar-refractivity contribution in [1.29, 1.82) is 0 Å². The van der Waals surface area contributed by atoms with Crippen LogP contribution in [0, 0.1) is 5.92 Å². The van der Waals surface area contributed by atoms with E-state index in [0.717, 1.165) is 18.9 Å². The summed E-state index contributed by atoms with van der Waals surface area (Å²) < 4.78 is 38.7. The number of rotatable bonds is 1. The van der Waals surface area contributed by atoms with Crippen LogP contribution in [0.5, 0.6) is 0 Å². The molecule has 0 saturated carbocycles. The highest BCUT2D eigenvalue weighted by Gasteiger charge is 2.35. The van der Waals surface area contributed by atoms with Gasteiger partial charge in [-0.2, -0.15) is 13.2 Å². The Labute approximate surface area is 130 Å². The first kappa shape index (κ1) is 16.3. The van der Waals surface area contributed by atoms with Crippen LogP contribution >= 0.6 is 15.9 Å². The topological polar surface area (TPSA) is 20.3 Å². The fourth-order valence-corrected chi connectivity index (χ4v) is 3.08. The molecule has 1 aromatic carbocycles. The number of hydrogen-bond acceptors (Lipinski definition) is 1. The van der Waals surface area contributed by atoms with Gasteiger partial charge in [0.15, 0.2) is 0 Å². The summed E-state index contributed by atoms with van der Waals surface area (Å²) in [5.41, 5.74) is -0.725. The van der Waals surface area contributed by atoms with Crippen molar-refractivity contribution in [3.63, 3.8) is 0 Å². The molecule has 116 valence electrons. The van der Waals surface area contributed by atoms with Gasteiger partial charge in [-0.05, 0) is 43.9 Å². The summed E-state index contributed by atoms with van der Waals surface area (Å²) in [6, 6.07) is 3.71. The maximum absolute atomic E-state index is 12.9. The molecule has 1 fully saturated rings. The molecule has 21 heavy (non-hydrogen) atoms. The van der Waals surface area contributed by atoms with Gasteiger partial charge in [0.05, 0.1) is 5.56 Å². The van der Waals surface area contributed by atoms with Crippen LogP contribution in [0.4, 0.5) is 13.2 Å². The van der Waals surface area contributed by atoms with Gasteiger partial charge in [0.2, 0.25) is 0 Å². The average molecular weight is 364 g/mol.